The number of fused-ring (bicyclic) bond motifs is 3. The molecule has 1 aliphatic carbocycles. The maximum absolute atomic E-state index is 4.72. The van der Waals surface area contributed by atoms with Crippen LogP contribution >= 0.6 is 0 Å². The fourth-order valence-corrected chi connectivity index (χ4v) is 4.00. The van der Waals surface area contributed by atoms with Crippen molar-refractivity contribution in [2.24, 2.45) is 4.99 Å². The summed E-state index contributed by atoms with van der Waals surface area (Å²) in [5.74, 6) is 1.14. The quantitative estimate of drug-likeness (QED) is 0.895. The third-order valence-electron chi connectivity index (χ3n) is 5.01. The molecule has 0 bridgehead atoms. The van der Waals surface area contributed by atoms with E-state index in [1.165, 1.54) is 31.2 Å². The largest absolute Gasteiger partial charge is 0.351 e. The van der Waals surface area contributed by atoms with E-state index in [-0.39, 0.29) is 0 Å². The molecular formula is C15H23N5. The molecule has 5 nitrogen and oxygen atoms in total. The Kier molecular flexibility index (Phi) is 2.93. The lowest BCUT2D eigenvalue weighted by Crippen LogP contribution is -2.43. The van der Waals surface area contributed by atoms with E-state index in [4.69, 9.17) is 4.99 Å². The Labute approximate surface area is 120 Å². The Hall–Kier alpha value is -1.52. The molecule has 0 amide bonds. The smallest absolute Gasteiger partial charge is 0.195 e. The van der Waals surface area contributed by atoms with Crippen LogP contribution in [0.25, 0.3) is 0 Å². The van der Waals surface area contributed by atoms with Crippen LogP contribution in [0.15, 0.2) is 17.4 Å². The lowest BCUT2D eigenvalue weighted by molar-refractivity contribution is 0.188. The lowest BCUT2D eigenvalue weighted by atomic mass is 9.89. The molecule has 1 saturated carbocycles. The zero-order valence-corrected chi connectivity index (χ0v) is 12.1. The first-order chi connectivity index (χ1) is 9.86. The second-order valence-corrected chi connectivity index (χ2v) is 6.15. The van der Waals surface area contributed by atoms with Crippen LogP contribution in [0.3, 0.4) is 0 Å². The number of nitrogens with one attached hydrogen (secondary N) is 1. The van der Waals surface area contributed by atoms with Crippen LogP contribution in [0.1, 0.15) is 50.6 Å². The highest BCUT2D eigenvalue weighted by atomic mass is 15.4. The first kappa shape index (κ1) is 12.2. The Morgan fingerprint density at radius 1 is 1.30 bits per heavy atom. The predicted molar refractivity (Wildman–Crippen MR) is 78.6 cm³/mol. The maximum atomic E-state index is 4.72. The molecule has 108 valence electrons. The molecule has 3 aliphatic rings. The van der Waals surface area contributed by atoms with Crippen molar-refractivity contribution in [2.75, 3.05) is 6.54 Å². The molecule has 1 aromatic rings. The fraction of sp³-hybridized carbons (Fsp3) is 0.733. The third-order valence-corrected chi connectivity index (χ3v) is 5.01. The molecule has 5 heteroatoms. The average Bonchev–Trinajstić information content (AvgIpc) is 3.11. The van der Waals surface area contributed by atoms with E-state index in [1.807, 2.05) is 10.9 Å². The molecule has 4 rings (SSSR count). The van der Waals surface area contributed by atoms with Crippen LogP contribution in [0.2, 0.25) is 0 Å². The molecule has 20 heavy (non-hydrogen) atoms. The minimum Gasteiger partial charge on any atom is -0.351 e. The predicted octanol–water partition coefficient (Wildman–Crippen LogP) is 1.92. The van der Waals surface area contributed by atoms with Gasteiger partial charge in [0.2, 0.25) is 0 Å². The normalized spacial score (nSPS) is 32.4. The molecule has 2 fully saturated rings. The van der Waals surface area contributed by atoms with Gasteiger partial charge in [-0.15, -0.1) is 0 Å². The molecule has 1 N–H and O–H groups in total. The highest BCUT2D eigenvalue weighted by Gasteiger charge is 2.44. The zero-order chi connectivity index (χ0) is 13.5. The summed E-state index contributed by atoms with van der Waals surface area (Å²) in [6.45, 7) is 4.01. The molecule has 1 aromatic heterocycles. The van der Waals surface area contributed by atoms with Gasteiger partial charge in [0.1, 0.15) is 0 Å². The fourth-order valence-electron chi connectivity index (χ4n) is 4.00. The second-order valence-electron chi connectivity index (χ2n) is 6.15. The van der Waals surface area contributed by atoms with Crippen molar-refractivity contribution in [3.63, 3.8) is 0 Å². The van der Waals surface area contributed by atoms with Crippen molar-refractivity contribution >= 4 is 5.96 Å². The number of aliphatic imine (C=N–C) groups is 1. The van der Waals surface area contributed by atoms with Gasteiger partial charge in [0.25, 0.3) is 0 Å². The van der Waals surface area contributed by atoms with E-state index in [0.29, 0.717) is 18.1 Å². The van der Waals surface area contributed by atoms with Gasteiger partial charge in [0, 0.05) is 30.9 Å². The first-order valence-corrected chi connectivity index (χ1v) is 7.98. The van der Waals surface area contributed by atoms with Crippen LogP contribution in [0.4, 0.5) is 0 Å². The van der Waals surface area contributed by atoms with E-state index in [0.717, 1.165) is 25.5 Å². The number of rotatable bonds is 2. The van der Waals surface area contributed by atoms with Crippen LogP contribution in [0, 0.1) is 0 Å². The summed E-state index contributed by atoms with van der Waals surface area (Å²) in [5.41, 5.74) is 1.35. The molecular weight excluding hydrogens is 250 g/mol. The number of hydrogen-bond donors (Lipinski definition) is 1. The minimum atomic E-state index is 0.461. The number of aromatic nitrogens is 2. The number of nitrogens with zero attached hydrogens (tertiary/aromatic N) is 4. The molecule has 3 heterocycles. The van der Waals surface area contributed by atoms with Crippen LogP contribution in [-0.4, -0.2) is 39.3 Å². The van der Waals surface area contributed by atoms with E-state index in [2.05, 4.69) is 28.4 Å². The monoisotopic (exact) mass is 273 g/mol. The van der Waals surface area contributed by atoms with Crippen LogP contribution in [-0.2, 0) is 6.54 Å². The van der Waals surface area contributed by atoms with Crippen molar-refractivity contribution in [3.8, 4) is 0 Å². The van der Waals surface area contributed by atoms with Gasteiger partial charge >= 0.3 is 0 Å². The summed E-state index contributed by atoms with van der Waals surface area (Å²) in [4.78, 5) is 7.28. The van der Waals surface area contributed by atoms with Gasteiger partial charge in [0.15, 0.2) is 5.96 Å². The third kappa shape index (κ3) is 1.83. The Morgan fingerprint density at radius 2 is 2.20 bits per heavy atom. The Balaban J connectivity index is 1.65. The number of guanidine groups is 1. The highest BCUT2D eigenvalue weighted by molar-refractivity contribution is 5.84. The lowest BCUT2D eigenvalue weighted by Gasteiger charge is -2.38. The molecule has 0 radical (unpaired) electrons. The van der Waals surface area contributed by atoms with Gasteiger partial charge in [-0.25, -0.2) is 0 Å². The summed E-state index contributed by atoms with van der Waals surface area (Å²) in [6, 6.07) is 1.71. The van der Waals surface area contributed by atoms with E-state index in [9.17, 15) is 0 Å². The van der Waals surface area contributed by atoms with Crippen molar-refractivity contribution in [3.05, 3.63) is 18.0 Å². The van der Waals surface area contributed by atoms with Gasteiger partial charge in [-0.05, 0) is 26.2 Å². The number of aryl methyl sites for hydroxylation is 1. The van der Waals surface area contributed by atoms with Crippen LogP contribution in [0.5, 0.6) is 0 Å². The molecule has 3 atom stereocenters. The summed E-state index contributed by atoms with van der Waals surface area (Å²) in [5, 5.41) is 8.12. The van der Waals surface area contributed by atoms with Gasteiger partial charge in [-0.3, -0.25) is 9.67 Å². The average molecular weight is 273 g/mol. The summed E-state index contributed by atoms with van der Waals surface area (Å²) in [7, 11) is 0. The molecule has 2 aliphatic heterocycles. The van der Waals surface area contributed by atoms with Gasteiger partial charge in [0.05, 0.1) is 18.3 Å². The molecule has 1 saturated heterocycles. The van der Waals surface area contributed by atoms with Gasteiger partial charge in [-0.2, -0.15) is 5.10 Å². The Bertz CT molecular complexity index is 520. The SMILES string of the molecule is CCn1cc(C2CCN=C3NC4CCCCC4N32)cn1. The topological polar surface area (TPSA) is 45.5 Å². The van der Waals surface area contributed by atoms with Crippen molar-refractivity contribution in [1.29, 1.82) is 0 Å². The van der Waals surface area contributed by atoms with Gasteiger partial charge < -0.3 is 10.2 Å². The Morgan fingerprint density at radius 3 is 3.05 bits per heavy atom. The molecule has 3 unspecified atom stereocenters. The summed E-state index contributed by atoms with van der Waals surface area (Å²) in [6.07, 6.45) is 10.7. The number of hydrogen-bond acceptors (Lipinski definition) is 4. The van der Waals surface area contributed by atoms with E-state index in [1.54, 1.807) is 0 Å². The molecule has 0 spiro atoms. The van der Waals surface area contributed by atoms with Crippen molar-refractivity contribution in [2.45, 2.75) is 63.7 Å². The zero-order valence-electron chi connectivity index (χ0n) is 12.1. The summed E-state index contributed by atoms with van der Waals surface area (Å²) < 4.78 is 2.03. The molecule has 0 aromatic carbocycles. The summed E-state index contributed by atoms with van der Waals surface area (Å²) >= 11 is 0. The standard InChI is InChI=1S/C15H23N5/c1-2-19-10-11(9-17-19)13-7-8-16-15-18-12-5-3-4-6-14(12)20(13)15/h9-10,12-14H,2-8H2,1H3,(H,16,18). The van der Waals surface area contributed by atoms with Crippen molar-refractivity contribution < 1.29 is 0 Å². The van der Waals surface area contributed by atoms with Crippen molar-refractivity contribution in [1.82, 2.24) is 20.0 Å². The second kappa shape index (κ2) is 4.79. The first-order valence-electron chi connectivity index (χ1n) is 7.98. The highest BCUT2D eigenvalue weighted by Crippen LogP contribution is 2.37. The van der Waals surface area contributed by atoms with Gasteiger partial charge in [-0.1, -0.05) is 12.8 Å². The maximum Gasteiger partial charge on any atom is 0.195 e. The minimum absolute atomic E-state index is 0.461. The van der Waals surface area contributed by atoms with Crippen LogP contribution < -0.4 is 5.32 Å². The van der Waals surface area contributed by atoms with E-state index >= 15 is 0 Å². The van der Waals surface area contributed by atoms with E-state index < -0.39 is 0 Å².